The molecule has 1 aromatic carbocycles. The number of halogens is 1. The van der Waals surface area contributed by atoms with Crippen LogP contribution in [0.3, 0.4) is 0 Å². The minimum Gasteiger partial charge on any atom is -0.506 e. The number of hydroxylamine groups is 1. The number of rotatable bonds is 1. The lowest BCUT2D eigenvalue weighted by Gasteiger charge is -2.05. The third-order valence-electron chi connectivity index (χ3n) is 1.55. The molecule has 0 aliphatic rings. The van der Waals surface area contributed by atoms with Crippen molar-refractivity contribution in [1.29, 1.82) is 0 Å². The lowest BCUT2D eigenvalue weighted by atomic mass is 10.1. The Hall–Kier alpha value is -1.07. The molecule has 0 fully saturated rings. The van der Waals surface area contributed by atoms with E-state index in [-0.39, 0.29) is 11.3 Å². The van der Waals surface area contributed by atoms with E-state index in [2.05, 4.69) is 15.9 Å². The van der Waals surface area contributed by atoms with Gasteiger partial charge in [-0.05, 0) is 40.5 Å². The fraction of sp³-hybridized carbons (Fsp3) is 0.125. The SMILES string of the molecule is Cc1cc(Br)c(O)c(C(=O)NO)c1. The van der Waals surface area contributed by atoms with Crippen molar-refractivity contribution in [3.05, 3.63) is 27.7 Å². The van der Waals surface area contributed by atoms with E-state index in [4.69, 9.17) is 5.21 Å². The van der Waals surface area contributed by atoms with Crippen LogP contribution in [-0.2, 0) is 0 Å². The number of hydrogen-bond acceptors (Lipinski definition) is 3. The lowest BCUT2D eigenvalue weighted by molar-refractivity contribution is 0.0703. The topological polar surface area (TPSA) is 69.6 Å². The Morgan fingerprint density at radius 3 is 2.69 bits per heavy atom. The summed E-state index contributed by atoms with van der Waals surface area (Å²) in [7, 11) is 0. The quantitative estimate of drug-likeness (QED) is 0.520. The number of hydrogen-bond donors (Lipinski definition) is 3. The smallest absolute Gasteiger partial charge is 0.278 e. The van der Waals surface area contributed by atoms with Crippen LogP contribution >= 0.6 is 15.9 Å². The predicted octanol–water partition coefficient (Wildman–Crippen LogP) is 1.58. The first kappa shape index (κ1) is 10.0. The normalized spacial score (nSPS) is 9.77. The van der Waals surface area contributed by atoms with E-state index in [1.807, 2.05) is 0 Å². The highest BCUT2D eigenvalue weighted by atomic mass is 79.9. The maximum Gasteiger partial charge on any atom is 0.278 e. The second-order valence-electron chi connectivity index (χ2n) is 2.58. The van der Waals surface area contributed by atoms with Crippen molar-refractivity contribution in [2.45, 2.75) is 6.92 Å². The molecule has 0 saturated heterocycles. The van der Waals surface area contributed by atoms with Crippen molar-refractivity contribution in [3.8, 4) is 5.75 Å². The first-order chi connectivity index (χ1) is 6.06. The summed E-state index contributed by atoms with van der Waals surface area (Å²) in [5, 5.41) is 17.8. The molecule has 0 heterocycles. The van der Waals surface area contributed by atoms with Crippen molar-refractivity contribution in [3.63, 3.8) is 0 Å². The summed E-state index contributed by atoms with van der Waals surface area (Å²) in [5.41, 5.74) is 2.30. The van der Waals surface area contributed by atoms with E-state index >= 15 is 0 Å². The number of phenolic OH excluding ortho intramolecular Hbond substituents is 1. The highest BCUT2D eigenvalue weighted by molar-refractivity contribution is 9.10. The highest BCUT2D eigenvalue weighted by Gasteiger charge is 2.13. The van der Waals surface area contributed by atoms with E-state index in [1.54, 1.807) is 13.0 Å². The molecule has 1 amide bonds. The number of aryl methyl sites for hydroxylation is 1. The molecule has 3 N–H and O–H groups in total. The molecule has 4 nitrogen and oxygen atoms in total. The van der Waals surface area contributed by atoms with E-state index in [0.29, 0.717) is 4.47 Å². The largest absolute Gasteiger partial charge is 0.506 e. The third kappa shape index (κ3) is 1.99. The molecule has 0 unspecified atom stereocenters. The minimum atomic E-state index is -0.734. The van der Waals surface area contributed by atoms with Gasteiger partial charge in [-0.2, -0.15) is 0 Å². The summed E-state index contributed by atoms with van der Waals surface area (Å²) in [6, 6.07) is 3.15. The van der Waals surface area contributed by atoms with E-state index in [0.717, 1.165) is 5.56 Å². The zero-order valence-corrected chi connectivity index (χ0v) is 8.42. The van der Waals surface area contributed by atoms with Crippen LogP contribution in [0.5, 0.6) is 5.75 Å². The Labute approximate surface area is 83.3 Å². The highest BCUT2D eigenvalue weighted by Crippen LogP contribution is 2.28. The number of carbonyl (C=O) groups excluding carboxylic acids is 1. The van der Waals surface area contributed by atoms with Gasteiger partial charge in [-0.25, -0.2) is 5.48 Å². The van der Waals surface area contributed by atoms with Gasteiger partial charge in [0, 0.05) is 0 Å². The Balaban J connectivity index is 3.28. The summed E-state index contributed by atoms with van der Waals surface area (Å²) in [4.78, 5) is 11.0. The summed E-state index contributed by atoms with van der Waals surface area (Å²) < 4.78 is 0.422. The standard InChI is InChI=1S/C8H8BrNO3/c1-4-2-5(8(12)10-13)7(11)6(9)3-4/h2-3,11,13H,1H3,(H,10,12). The first-order valence-corrected chi connectivity index (χ1v) is 4.29. The molecule has 0 aliphatic heterocycles. The van der Waals surface area contributed by atoms with Gasteiger partial charge in [0.1, 0.15) is 5.75 Å². The molecule has 0 aliphatic carbocycles. The molecule has 0 radical (unpaired) electrons. The van der Waals surface area contributed by atoms with Crippen LogP contribution in [0.4, 0.5) is 0 Å². The van der Waals surface area contributed by atoms with E-state index < -0.39 is 5.91 Å². The average molecular weight is 246 g/mol. The summed E-state index contributed by atoms with van der Waals surface area (Å²) in [6.45, 7) is 1.78. The van der Waals surface area contributed by atoms with E-state index in [1.165, 1.54) is 11.5 Å². The van der Waals surface area contributed by atoms with Crippen LogP contribution in [-0.4, -0.2) is 16.2 Å². The first-order valence-electron chi connectivity index (χ1n) is 3.50. The predicted molar refractivity (Wildman–Crippen MR) is 49.8 cm³/mol. The monoisotopic (exact) mass is 245 g/mol. The van der Waals surface area contributed by atoms with Gasteiger partial charge in [-0.3, -0.25) is 10.0 Å². The molecule has 0 aromatic heterocycles. The van der Waals surface area contributed by atoms with Crippen molar-refractivity contribution >= 4 is 21.8 Å². The molecule has 0 spiro atoms. The van der Waals surface area contributed by atoms with Gasteiger partial charge in [-0.1, -0.05) is 0 Å². The van der Waals surface area contributed by atoms with Crippen LogP contribution < -0.4 is 5.48 Å². The maximum absolute atomic E-state index is 11.0. The Kier molecular flexibility index (Phi) is 2.90. The van der Waals surface area contributed by atoms with Crippen LogP contribution in [0.15, 0.2) is 16.6 Å². The Morgan fingerprint density at radius 1 is 1.54 bits per heavy atom. The molecule has 0 atom stereocenters. The summed E-state index contributed by atoms with van der Waals surface area (Å²) in [6.07, 6.45) is 0. The van der Waals surface area contributed by atoms with Gasteiger partial charge in [0.25, 0.3) is 5.91 Å². The molecular formula is C8H8BrNO3. The molecule has 70 valence electrons. The second kappa shape index (κ2) is 3.76. The van der Waals surface area contributed by atoms with E-state index in [9.17, 15) is 9.90 Å². The zero-order chi connectivity index (χ0) is 10.0. The van der Waals surface area contributed by atoms with Crippen LogP contribution in [0, 0.1) is 6.92 Å². The fourth-order valence-corrected chi connectivity index (χ4v) is 1.54. The fourth-order valence-electron chi connectivity index (χ4n) is 0.968. The van der Waals surface area contributed by atoms with Gasteiger partial charge >= 0.3 is 0 Å². The zero-order valence-electron chi connectivity index (χ0n) is 6.84. The van der Waals surface area contributed by atoms with Crippen LogP contribution in [0.1, 0.15) is 15.9 Å². The number of carbonyl (C=O) groups is 1. The van der Waals surface area contributed by atoms with Crippen LogP contribution in [0.2, 0.25) is 0 Å². The molecule has 1 rings (SSSR count). The van der Waals surface area contributed by atoms with Gasteiger partial charge in [0.2, 0.25) is 0 Å². The van der Waals surface area contributed by atoms with Gasteiger partial charge in [0.05, 0.1) is 10.0 Å². The summed E-state index contributed by atoms with van der Waals surface area (Å²) in [5.74, 6) is -0.918. The molecule has 1 aromatic rings. The Morgan fingerprint density at radius 2 is 2.15 bits per heavy atom. The van der Waals surface area contributed by atoms with Gasteiger partial charge in [0.15, 0.2) is 0 Å². The summed E-state index contributed by atoms with van der Waals surface area (Å²) >= 11 is 3.08. The number of nitrogens with one attached hydrogen (secondary N) is 1. The molecule has 5 heteroatoms. The number of phenols is 1. The third-order valence-corrected chi connectivity index (χ3v) is 2.16. The van der Waals surface area contributed by atoms with Gasteiger partial charge < -0.3 is 5.11 Å². The number of aromatic hydroxyl groups is 1. The minimum absolute atomic E-state index is 0.0365. The van der Waals surface area contributed by atoms with Crippen LogP contribution in [0.25, 0.3) is 0 Å². The number of amides is 1. The average Bonchev–Trinajstić information content (AvgIpc) is 2.10. The second-order valence-corrected chi connectivity index (χ2v) is 3.44. The maximum atomic E-state index is 11.0. The molecular weight excluding hydrogens is 238 g/mol. The van der Waals surface area contributed by atoms with Crippen molar-refractivity contribution < 1.29 is 15.1 Å². The molecule has 0 bridgehead atoms. The van der Waals surface area contributed by atoms with Gasteiger partial charge in [-0.15, -0.1) is 0 Å². The number of benzene rings is 1. The van der Waals surface area contributed by atoms with Crippen molar-refractivity contribution in [2.24, 2.45) is 0 Å². The van der Waals surface area contributed by atoms with Crippen molar-refractivity contribution in [1.82, 2.24) is 5.48 Å². The molecule has 0 saturated carbocycles. The Bertz CT molecular complexity index is 351. The lowest BCUT2D eigenvalue weighted by Crippen LogP contribution is -2.18. The van der Waals surface area contributed by atoms with Crippen molar-refractivity contribution in [2.75, 3.05) is 0 Å². The molecule has 13 heavy (non-hydrogen) atoms.